The molecule has 0 saturated heterocycles. The molecular weight excluding hydrogens is 330 g/mol. The maximum atomic E-state index is 12.5. The van der Waals surface area contributed by atoms with Gasteiger partial charge in [0, 0.05) is 19.4 Å². The van der Waals surface area contributed by atoms with Crippen LogP contribution in [0.5, 0.6) is 11.5 Å². The number of nitrogens with one attached hydrogen (secondary N) is 1. The number of ether oxygens (including phenoxy) is 2. The molecule has 134 valence electrons. The Morgan fingerprint density at radius 1 is 1.12 bits per heavy atom. The van der Waals surface area contributed by atoms with Crippen molar-refractivity contribution < 1.29 is 14.3 Å². The molecule has 3 rings (SSSR count). The van der Waals surface area contributed by atoms with Gasteiger partial charge in [0.05, 0.1) is 7.11 Å². The van der Waals surface area contributed by atoms with Crippen molar-refractivity contribution >= 4 is 5.91 Å². The predicted octanol–water partition coefficient (Wildman–Crippen LogP) is 2.71. The highest BCUT2D eigenvalue weighted by atomic mass is 16.5. The van der Waals surface area contributed by atoms with Gasteiger partial charge in [-0.15, -0.1) is 0 Å². The Morgan fingerprint density at radius 3 is 2.46 bits per heavy atom. The van der Waals surface area contributed by atoms with Crippen molar-refractivity contribution in [3.05, 3.63) is 78.4 Å². The van der Waals surface area contributed by atoms with Crippen molar-refractivity contribution in [1.82, 2.24) is 14.9 Å². The van der Waals surface area contributed by atoms with Gasteiger partial charge < -0.3 is 19.4 Å². The number of carbonyl (C=O) groups excluding carboxylic acids is 1. The molecule has 0 bridgehead atoms. The molecule has 1 atom stereocenters. The van der Waals surface area contributed by atoms with E-state index in [0.29, 0.717) is 11.5 Å². The van der Waals surface area contributed by atoms with Crippen LogP contribution in [0.25, 0.3) is 0 Å². The summed E-state index contributed by atoms with van der Waals surface area (Å²) in [5.74, 6) is 1.62. The molecule has 1 heterocycles. The topological polar surface area (TPSA) is 65.4 Å². The third-order valence-electron chi connectivity index (χ3n) is 3.98. The Hall–Kier alpha value is -3.28. The fourth-order valence-corrected chi connectivity index (χ4v) is 2.68. The molecule has 6 nitrogen and oxygen atoms in total. The normalized spacial score (nSPS) is 11.6. The van der Waals surface area contributed by atoms with Crippen LogP contribution in [0.1, 0.15) is 17.4 Å². The summed E-state index contributed by atoms with van der Waals surface area (Å²) in [6.07, 6.45) is 3.56. The first kappa shape index (κ1) is 17.5. The summed E-state index contributed by atoms with van der Waals surface area (Å²) in [6, 6.07) is 16.6. The molecule has 1 aromatic heterocycles. The van der Waals surface area contributed by atoms with E-state index in [9.17, 15) is 4.79 Å². The molecule has 0 radical (unpaired) electrons. The monoisotopic (exact) mass is 351 g/mol. The first-order valence-electron chi connectivity index (χ1n) is 8.26. The number of methoxy groups -OCH3 is 1. The highest BCUT2D eigenvalue weighted by Gasteiger charge is 2.21. The summed E-state index contributed by atoms with van der Waals surface area (Å²) in [6.45, 7) is -0.117. The van der Waals surface area contributed by atoms with Gasteiger partial charge in [-0.1, -0.05) is 42.5 Å². The quantitative estimate of drug-likeness (QED) is 0.711. The average Bonchev–Trinajstić information content (AvgIpc) is 3.11. The number of rotatable bonds is 7. The highest BCUT2D eigenvalue weighted by Crippen LogP contribution is 2.26. The third-order valence-corrected chi connectivity index (χ3v) is 3.98. The number of nitrogens with zero attached hydrogens (tertiary/aromatic N) is 2. The minimum Gasteiger partial charge on any atom is -0.493 e. The van der Waals surface area contributed by atoms with Crippen LogP contribution in [0.2, 0.25) is 0 Å². The van der Waals surface area contributed by atoms with E-state index < -0.39 is 0 Å². The third kappa shape index (κ3) is 4.03. The van der Waals surface area contributed by atoms with Crippen LogP contribution in [0.15, 0.2) is 67.0 Å². The Bertz CT molecular complexity index is 862. The van der Waals surface area contributed by atoms with Crippen LogP contribution < -0.4 is 14.8 Å². The van der Waals surface area contributed by atoms with Gasteiger partial charge in [-0.2, -0.15) is 0 Å². The molecule has 1 N–H and O–H groups in total. The fraction of sp³-hybridized carbons (Fsp3) is 0.200. The number of imidazole rings is 1. The van der Waals surface area contributed by atoms with Gasteiger partial charge in [-0.25, -0.2) is 4.98 Å². The molecule has 3 aromatic rings. The van der Waals surface area contributed by atoms with E-state index in [1.54, 1.807) is 25.4 Å². The van der Waals surface area contributed by atoms with E-state index in [2.05, 4.69) is 10.3 Å². The van der Waals surface area contributed by atoms with Crippen molar-refractivity contribution in [3.8, 4) is 11.5 Å². The largest absolute Gasteiger partial charge is 0.493 e. The number of benzene rings is 2. The van der Waals surface area contributed by atoms with Gasteiger partial charge in [0.15, 0.2) is 18.1 Å². The Balaban J connectivity index is 1.73. The number of hydrogen-bond acceptors (Lipinski definition) is 4. The summed E-state index contributed by atoms with van der Waals surface area (Å²) < 4.78 is 12.7. The lowest BCUT2D eigenvalue weighted by Gasteiger charge is -2.19. The second-order valence-corrected chi connectivity index (χ2v) is 5.75. The summed E-state index contributed by atoms with van der Waals surface area (Å²) in [5, 5.41) is 3.00. The van der Waals surface area contributed by atoms with E-state index in [1.807, 2.05) is 60.3 Å². The summed E-state index contributed by atoms with van der Waals surface area (Å²) in [4.78, 5) is 16.9. The van der Waals surface area contributed by atoms with Crippen LogP contribution in [0.3, 0.4) is 0 Å². The van der Waals surface area contributed by atoms with Gasteiger partial charge in [-0.05, 0) is 17.7 Å². The van der Waals surface area contributed by atoms with Gasteiger partial charge in [0.25, 0.3) is 5.91 Å². The molecule has 1 unspecified atom stereocenters. The molecular formula is C20H21N3O3. The number of carbonyl (C=O) groups is 1. The van der Waals surface area contributed by atoms with Crippen LogP contribution in [-0.4, -0.2) is 29.2 Å². The lowest BCUT2D eigenvalue weighted by atomic mass is 10.1. The van der Waals surface area contributed by atoms with Crippen LogP contribution in [0, 0.1) is 0 Å². The van der Waals surface area contributed by atoms with Crippen molar-refractivity contribution in [2.75, 3.05) is 13.7 Å². The number of amides is 1. The minimum absolute atomic E-state index is 0.117. The van der Waals surface area contributed by atoms with Crippen LogP contribution >= 0.6 is 0 Å². The molecule has 0 aliphatic carbocycles. The summed E-state index contributed by atoms with van der Waals surface area (Å²) in [5.41, 5.74) is 0.951. The lowest BCUT2D eigenvalue weighted by molar-refractivity contribution is -0.123. The molecule has 0 saturated carbocycles. The fourth-order valence-electron chi connectivity index (χ4n) is 2.68. The van der Waals surface area contributed by atoms with Gasteiger partial charge in [0.1, 0.15) is 11.9 Å². The van der Waals surface area contributed by atoms with Crippen molar-refractivity contribution in [2.45, 2.75) is 6.04 Å². The van der Waals surface area contributed by atoms with E-state index in [4.69, 9.17) is 9.47 Å². The van der Waals surface area contributed by atoms with Crippen molar-refractivity contribution in [2.24, 2.45) is 7.05 Å². The van der Waals surface area contributed by atoms with E-state index in [1.165, 1.54) is 0 Å². The highest BCUT2D eigenvalue weighted by molar-refractivity contribution is 5.78. The van der Waals surface area contributed by atoms with Crippen molar-refractivity contribution in [3.63, 3.8) is 0 Å². The zero-order valence-electron chi connectivity index (χ0n) is 14.8. The average molecular weight is 351 g/mol. The Labute approximate surface area is 152 Å². The van der Waals surface area contributed by atoms with E-state index in [-0.39, 0.29) is 18.6 Å². The SMILES string of the molecule is COc1ccccc1OCC(=O)NC(c1ccccc1)c1nccn1C. The molecule has 0 aliphatic rings. The number of hydrogen-bond donors (Lipinski definition) is 1. The van der Waals surface area contributed by atoms with E-state index >= 15 is 0 Å². The number of aryl methyl sites for hydroxylation is 1. The van der Waals surface area contributed by atoms with Gasteiger partial charge >= 0.3 is 0 Å². The number of aromatic nitrogens is 2. The minimum atomic E-state index is -0.357. The molecule has 1 amide bonds. The molecule has 0 spiro atoms. The molecule has 26 heavy (non-hydrogen) atoms. The molecule has 6 heteroatoms. The maximum Gasteiger partial charge on any atom is 0.258 e. The zero-order chi connectivity index (χ0) is 18.4. The molecule has 2 aromatic carbocycles. The van der Waals surface area contributed by atoms with Crippen LogP contribution in [0.4, 0.5) is 0 Å². The summed E-state index contributed by atoms with van der Waals surface area (Å²) >= 11 is 0. The first-order chi connectivity index (χ1) is 12.7. The number of para-hydroxylation sites is 2. The Morgan fingerprint density at radius 2 is 1.81 bits per heavy atom. The Kier molecular flexibility index (Phi) is 5.53. The smallest absolute Gasteiger partial charge is 0.258 e. The molecule has 0 aliphatic heterocycles. The van der Waals surface area contributed by atoms with Gasteiger partial charge in [-0.3, -0.25) is 4.79 Å². The second kappa shape index (κ2) is 8.20. The van der Waals surface area contributed by atoms with E-state index in [0.717, 1.165) is 11.4 Å². The molecule has 0 fully saturated rings. The summed E-state index contributed by atoms with van der Waals surface area (Å²) in [7, 11) is 3.46. The van der Waals surface area contributed by atoms with Gasteiger partial charge in [0.2, 0.25) is 0 Å². The first-order valence-corrected chi connectivity index (χ1v) is 8.26. The second-order valence-electron chi connectivity index (χ2n) is 5.75. The maximum absolute atomic E-state index is 12.5. The van der Waals surface area contributed by atoms with Crippen molar-refractivity contribution in [1.29, 1.82) is 0 Å². The predicted molar refractivity (Wildman–Crippen MR) is 98.1 cm³/mol. The van der Waals surface area contributed by atoms with Crippen LogP contribution in [-0.2, 0) is 11.8 Å². The standard InChI is InChI=1S/C20H21N3O3/c1-23-13-12-21-20(23)19(15-8-4-3-5-9-15)22-18(24)14-26-17-11-7-6-10-16(17)25-2/h3-13,19H,14H2,1-2H3,(H,22,24). The zero-order valence-corrected chi connectivity index (χ0v) is 14.8. The lowest BCUT2D eigenvalue weighted by Crippen LogP contribution is -2.34.